The molecular formula is C41H40F2N8O2. The van der Waals surface area contributed by atoms with Gasteiger partial charge in [-0.05, 0) is 99.4 Å². The molecule has 0 aliphatic carbocycles. The van der Waals surface area contributed by atoms with E-state index in [4.69, 9.17) is 14.7 Å². The van der Waals surface area contributed by atoms with Crippen molar-refractivity contribution in [2.45, 2.75) is 38.1 Å². The summed E-state index contributed by atoms with van der Waals surface area (Å²) in [5, 5.41) is 5.77. The number of imidazole rings is 1. The molecule has 0 atom stereocenters. The number of hydrogen-bond acceptors (Lipinski definition) is 8. The Labute approximate surface area is 306 Å². The molecule has 10 nitrogen and oxygen atoms in total. The molecule has 8 rings (SSSR count). The summed E-state index contributed by atoms with van der Waals surface area (Å²) in [4.78, 5) is 32.7. The number of carbonyl (C=O) groups is 1. The van der Waals surface area contributed by atoms with E-state index in [0.717, 1.165) is 49.4 Å². The Hall–Kier alpha value is -5.88. The van der Waals surface area contributed by atoms with E-state index in [9.17, 15) is 13.6 Å². The fourth-order valence-corrected chi connectivity index (χ4v) is 7.49. The molecule has 0 bridgehead atoms. The van der Waals surface area contributed by atoms with Crippen molar-refractivity contribution in [1.82, 2.24) is 24.3 Å². The minimum absolute atomic E-state index is 0.209. The second kappa shape index (κ2) is 15.0. The molecule has 270 valence electrons. The zero-order valence-electron chi connectivity index (χ0n) is 29.4. The summed E-state index contributed by atoms with van der Waals surface area (Å²) < 4.78 is 36.3. The number of halogens is 2. The zero-order chi connectivity index (χ0) is 36.3. The number of ether oxygens (including phenoxy) is 1. The molecule has 2 aliphatic heterocycles. The third-order valence-electron chi connectivity index (χ3n) is 10.2. The summed E-state index contributed by atoms with van der Waals surface area (Å²) in [6, 6.07) is 24.5. The first-order valence-corrected chi connectivity index (χ1v) is 18.1. The molecule has 0 saturated carbocycles. The predicted octanol–water partition coefficient (Wildman–Crippen LogP) is 8.20. The molecule has 53 heavy (non-hydrogen) atoms. The number of likely N-dealkylation sites (tertiary alicyclic amines) is 1. The van der Waals surface area contributed by atoms with Crippen molar-refractivity contribution in [3.63, 3.8) is 0 Å². The highest BCUT2D eigenvalue weighted by atomic mass is 19.1. The molecule has 1 amide bonds. The van der Waals surface area contributed by atoms with Gasteiger partial charge in [0.05, 0.1) is 29.9 Å². The summed E-state index contributed by atoms with van der Waals surface area (Å²) in [5.74, 6) is -1.33. The molecule has 2 aliphatic rings. The summed E-state index contributed by atoms with van der Waals surface area (Å²) >= 11 is 0. The maximum Gasteiger partial charge on any atom is 0.255 e. The van der Waals surface area contributed by atoms with E-state index in [1.165, 1.54) is 38.4 Å². The number of methoxy groups -OCH3 is 1. The maximum atomic E-state index is 14.3. The molecule has 6 aromatic rings. The number of amides is 1. The van der Waals surface area contributed by atoms with Crippen LogP contribution in [0, 0.1) is 11.6 Å². The summed E-state index contributed by atoms with van der Waals surface area (Å²) in [6.45, 7) is 4.44. The minimum Gasteiger partial charge on any atom is -0.495 e. The first kappa shape index (κ1) is 34.2. The number of rotatable bonds is 9. The van der Waals surface area contributed by atoms with E-state index in [2.05, 4.69) is 37.6 Å². The Morgan fingerprint density at radius 2 is 1.64 bits per heavy atom. The molecule has 5 heterocycles. The number of piperidine rings is 2. The normalized spacial score (nSPS) is 15.4. The highest BCUT2D eigenvalue weighted by molar-refractivity contribution is 6.05. The van der Waals surface area contributed by atoms with Crippen LogP contribution in [0.15, 0.2) is 97.3 Å². The molecule has 3 aromatic carbocycles. The highest BCUT2D eigenvalue weighted by Gasteiger charge is 2.26. The number of pyridine rings is 1. The van der Waals surface area contributed by atoms with Crippen LogP contribution >= 0.6 is 0 Å². The fourth-order valence-electron chi connectivity index (χ4n) is 7.49. The van der Waals surface area contributed by atoms with Crippen LogP contribution in [0.5, 0.6) is 5.75 Å². The van der Waals surface area contributed by atoms with Crippen molar-refractivity contribution >= 4 is 34.6 Å². The molecule has 12 heteroatoms. The Bertz CT molecular complexity index is 2240. The Balaban J connectivity index is 1.07. The van der Waals surface area contributed by atoms with Crippen molar-refractivity contribution < 1.29 is 18.3 Å². The lowest BCUT2D eigenvalue weighted by molar-refractivity contribution is 0.102. The van der Waals surface area contributed by atoms with Gasteiger partial charge in [-0.3, -0.25) is 9.20 Å². The van der Waals surface area contributed by atoms with Gasteiger partial charge in [0.15, 0.2) is 0 Å². The Morgan fingerprint density at radius 1 is 0.849 bits per heavy atom. The number of aromatic nitrogens is 4. The van der Waals surface area contributed by atoms with E-state index in [1.807, 2.05) is 47.0 Å². The highest BCUT2D eigenvalue weighted by Crippen LogP contribution is 2.36. The molecular weight excluding hydrogens is 675 g/mol. The van der Waals surface area contributed by atoms with Crippen LogP contribution < -0.4 is 20.3 Å². The van der Waals surface area contributed by atoms with E-state index in [-0.39, 0.29) is 5.56 Å². The maximum absolute atomic E-state index is 14.3. The average Bonchev–Trinajstić information content (AvgIpc) is 3.60. The van der Waals surface area contributed by atoms with Crippen molar-refractivity contribution in [3.05, 3.63) is 115 Å². The van der Waals surface area contributed by atoms with Crippen LogP contribution in [0.4, 0.5) is 31.8 Å². The number of hydrogen-bond donors (Lipinski definition) is 2. The number of para-hydroxylation sites is 1. The molecule has 0 radical (unpaired) electrons. The topological polar surface area (TPSA) is 99.9 Å². The standard InChI is InChI=1S/C41H40F2N8O2/c1-53-35-15-14-30(50-23-17-29(18-24-50)49-20-4-2-5-21-49)26-34(35)46-41-44-19-16-33(45-41)39-37(47-36-13-3-6-22-51(36)39)27-9-7-10-28(25-27)40(52)48-38-31(42)11-8-12-32(38)43/h3,6-16,19,22,25-26,29H,2,4-5,17-18,20-21,23-24H2,1H3,(H,48,52)(H,44,45,46). The van der Waals surface area contributed by atoms with Gasteiger partial charge in [0.25, 0.3) is 5.91 Å². The summed E-state index contributed by atoms with van der Waals surface area (Å²) in [6.07, 6.45) is 9.85. The van der Waals surface area contributed by atoms with Crippen molar-refractivity contribution in [1.29, 1.82) is 0 Å². The number of carbonyl (C=O) groups excluding carboxylic acids is 1. The predicted molar refractivity (Wildman–Crippen MR) is 203 cm³/mol. The first-order valence-electron chi connectivity index (χ1n) is 18.1. The largest absolute Gasteiger partial charge is 0.495 e. The third kappa shape index (κ3) is 7.14. The van der Waals surface area contributed by atoms with Gasteiger partial charge in [0.2, 0.25) is 5.95 Å². The number of nitrogens with one attached hydrogen (secondary N) is 2. The molecule has 2 fully saturated rings. The molecule has 2 saturated heterocycles. The lowest BCUT2D eigenvalue weighted by atomic mass is 9.99. The quantitative estimate of drug-likeness (QED) is 0.155. The smallest absolute Gasteiger partial charge is 0.255 e. The lowest BCUT2D eigenvalue weighted by Crippen LogP contribution is -2.46. The van der Waals surface area contributed by atoms with Gasteiger partial charge in [-0.15, -0.1) is 0 Å². The third-order valence-corrected chi connectivity index (χ3v) is 10.2. The second-order valence-corrected chi connectivity index (χ2v) is 13.5. The SMILES string of the molecule is COc1ccc(N2CCC(N3CCCCC3)CC2)cc1Nc1nccc(-c2c(-c3cccc(C(=O)Nc4c(F)cccc4F)c3)nc3ccccn23)n1. The number of anilines is 4. The van der Waals surface area contributed by atoms with Crippen molar-refractivity contribution in [2.75, 3.05) is 48.8 Å². The molecule has 0 spiro atoms. The average molecular weight is 715 g/mol. The van der Waals surface area contributed by atoms with E-state index >= 15 is 0 Å². The first-order chi connectivity index (χ1) is 25.9. The molecule has 3 aromatic heterocycles. The van der Waals surface area contributed by atoms with Gasteiger partial charge in [-0.1, -0.05) is 30.7 Å². The van der Waals surface area contributed by atoms with Crippen LogP contribution in [0.2, 0.25) is 0 Å². The van der Waals surface area contributed by atoms with E-state index in [0.29, 0.717) is 46.0 Å². The van der Waals surface area contributed by atoms with Gasteiger partial charge in [-0.25, -0.2) is 23.7 Å². The van der Waals surface area contributed by atoms with Gasteiger partial charge >= 0.3 is 0 Å². The summed E-state index contributed by atoms with van der Waals surface area (Å²) in [7, 11) is 1.65. The lowest BCUT2D eigenvalue weighted by Gasteiger charge is -2.41. The molecule has 0 unspecified atom stereocenters. The van der Waals surface area contributed by atoms with Crippen molar-refractivity contribution in [2.24, 2.45) is 0 Å². The Kier molecular flexibility index (Phi) is 9.68. The van der Waals surface area contributed by atoms with Crippen LogP contribution in [0.1, 0.15) is 42.5 Å². The zero-order valence-corrected chi connectivity index (χ0v) is 29.4. The number of fused-ring (bicyclic) bond motifs is 1. The monoisotopic (exact) mass is 714 g/mol. The van der Waals surface area contributed by atoms with E-state index in [1.54, 1.807) is 31.5 Å². The van der Waals surface area contributed by atoms with Gasteiger partial charge in [-0.2, -0.15) is 0 Å². The number of nitrogens with zero attached hydrogens (tertiary/aromatic N) is 6. The van der Waals surface area contributed by atoms with Crippen LogP contribution in [-0.4, -0.2) is 69.5 Å². The second-order valence-electron chi connectivity index (χ2n) is 13.5. The fraction of sp³-hybridized carbons (Fsp3) is 0.268. The van der Waals surface area contributed by atoms with Crippen LogP contribution in [0.25, 0.3) is 28.3 Å². The van der Waals surface area contributed by atoms with Gasteiger partial charge in [0, 0.05) is 48.3 Å². The van der Waals surface area contributed by atoms with Gasteiger partial charge < -0.3 is 25.2 Å². The van der Waals surface area contributed by atoms with Gasteiger partial charge in [0.1, 0.15) is 28.7 Å². The minimum atomic E-state index is -0.859. The van der Waals surface area contributed by atoms with Crippen molar-refractivity contribution in [3.8, 4) is 28.4 Å². The summed E-state index contributed by atoms with van der Waals surface area (Å²) in [5.41, 5.74) is 4.72. The van der Waals surface area contributed by atoms with E-state index < -0.39 is 23.2 Å². The molecule has 2 N–H and O–H groups in total. The van der Waals surface area contributed by atoms with Crippen LogP contribution in [-0.2, 0) is 0 Å². The number of benzene rings is 3. The van der Waals surface area contributed by atoms with Crippen LogP contribution in [0.3, 0.4) is 0 Å². The Morgan fingerprint density at radius 3 is 2.43 bits per heavy atom.